The molecule has 15 heavy (non-hydrogen) atoms. The highest BCUT2D eigenvalue weighted by atomic mass is 79.9. The molecule has 1 aromatic heterocycles. The fourth-order valence-electron chi connectivity index (χ4n) is 1.49. The van der Waals surface area contributed by atoms with Crippen LogP contribution in [0.25, 0.3) is 0 Å². The number of thiophene rings is 1. The fraction of sp³-hybridized carbons (Fsp3) is 0.636. The van der Waals surface area contributed by atoms with Crippen LogP contribution in [0.15, 0.2) is 9.85 Å². The summed E-state index contributed by atoms with van der Waals surface area (Å²) >= 11 is 11.2. The lowest BCUT2D eigenvalue weighted by Crippen LogP contribution is -2.21. The van der Waals surface area contributed by atoms with Crippen LogP contribution in [0.2, 0.25) is 5.02 Å². The first-order valence-electron chi connectivity index (χ1n) is 4.95. The largest absolute Gasteiger partial charge is 0.312 e. The van der Waals surface area contributed by atoms with Gasteiger partial charge in [0.1, 0.15) is 0 Å². The van der Waals surface area contributed by atoms with Crippen LogP contribution in [-0.2, 0) is 0 Å². The van der Waals surface area contributed by atoms with Gasteiger partial charge in [0, 0.05) is 10.9 Å². The van der Waals surface area contributed by atoms with Crippen molar-refractivity contribution in [1.29, 1.82) is 0 Å². The summed E-state index contributed by atoms with van der Waals surface area (Å²) in [6.07, 6.45) is 1.10. The summed E-state index contributed by atoms with van der Waals surface area (Å²) in [6, 6.07) is 2.43. The van der Waals surface area contributed by atoms with Crippen molar-refractivity contribution in [3.8, 4) is 0 Å². The van der Waals surface area contributed by atoms with Gasteiger partial charge in [0.05, 0.1) is 8.81 Å². The summed E-state index contributed by atoms with van der Waals surface area (Å²) < 4.78 is 1.02. The van der Waals surface area contributed by atoms with E-state index in [2.05, 4.69) is 42.0 Å². The third-order valence-electron chi connectivity index (χ3n) is 2.17. The maximum Gasteiger partial charge on any atom is 0.0887 e. The summed E-state index contributed by atoms with van der Waals surface area (Å²) in [5.74, 6) is 0. The van der Waals surface area contributed by atoms with Crippen molar-refractivity contribution < 1.29 is 0 Å². The Morgan fingerprint density at radius 1 is 1.53 bits per heavy atom. The average Bonchev–Trinajstić information content (AvgIpc) is 2.41. The van der Waals surface area contributed by atoms with E-state index >= 15 is 0 Å². The highest BCUT2D eigenvalue weighted by molar-refractivity contribution is 9.11. The van der Waals surface area contributed by atoms with E-state index in [1.165, 1.54) is 4.88 Å². The molecule has 1 N–H and O–H groups in total. The topological polar surface area (TPSA) is 12.0 Å². The molecule has 0 spiro atoms. The van der Waals surface area contributed by atoms with Gasteiger partial charge in [-0.3, -0.25) is 0 Å². The normalized spacial score (nSPS) is 14.3. The molecule has 0 saturated heterocycles. The molecule has 0 bridgehead atoms. The van der Waals surface area contributed by atoms with Crippen LogP contribution >= 0.6 is 38.9 Å². The van der Waals surface area contributed by atoms with E-state index in [0.717, 1.165) is 15.2 Å². The summed E-state index contributed by atoms with van der Waals surface area (Å²) in [4.78, 5) is 1.30. The molecule has 0 amide bonds. The van der Waals surface area contributed by atoms with Crippen LogP contribution in [0.5, 0.6) is 0 Å². The Morgan fingerprint density at radius 3 is 2.47 bits per heavy atom. The minimum absolute atomic E-state index is 0.316. The average molecular weight is 311 g/mol. The summed E-state index contributed by atoms with van der Waals surface area (Å²) in [5, 5.41) is 4.16. The molecular formula is C11H17BrClNS. The molecule has 1 unspecified atom stereocenters. The molecule has 0 aliphatic heterocycles. The van der Waals surface area contributed by atoms with E-state index in [4.69, 9.17) is 11.6 Å². The van der Waals surface area contributed by atoms with Gasteiger partial charge in [-0.25, -0.2) is 0 Å². The zero-order valence-electron chi connectivity index (χ0n) is 9.53. The van der Waals surface area contributed by atoms with Crippen LogP contribution in [-0.4, -0.2) is 7.05 Å². The SMILES string of the molecule is CNC(CC(C)(C)C)c1cc(Cl)c(Br)s1. The quantitative estimate of drug-likeness (QED) is 0.840. The van der Waals surface area contributed by atoms with Crippen molar-refractivity contribution in [2.75, 3.05) is 7.05 Å². The molecule has 1 nitrogen and oxygen atoms in total. The predicted molar refractivity (Wildman–Crippen MR) is 72.9 cm³/mol. The van der Waals surface area contributed by atoms with Gasteiger partial charge in [-0.05, 0) is 40.9 Å². The van der Waals surface area contributed by atoms with Gasteiger partial charge in [0.25, 0.3) is 0 Å². The Kier molecular flexibility index (Phi) is 4.65. The molecule has 0 aromatic carbocycles. The first-order valence-corrected chi connectivity index (χ1v) is 6.94. The number of hydrogen-bond acceptors (Lipinski definition) is 2. The van der Waals surface area contributed by atoms with Crippen molar-refractivity contribution in [3.05, 3.63) is 19.8 Å². The molecular weight excluding hydrogens is 294 g/mol. The Labute approximate surface area is 109 Å². The van der Waals surface area contributed by atoms with E-state index in [9.17, 15) is 0 Å². The van der Waals surface area contributed by atoms with E-state index in [0.29, 0.717) is 11.5 Å². The van der Waals surface area contributed by atoms with E-state index < -0.39 is 0 Å². The molecule has 0 saturated carbocycles. The molecule has 0 aliphatic rings. The zero-order valence-corrected chi connectivity index (χ0v) is 12.7. The monoisotopic (exact) mass is 309 g/mol. The number of rotatable bonds is 3. The minimum atomic E-state index is 0.316. The highest BCUT2D eigenvalue weighted by Crippen LogP contribution is 2.38. The summed E-state index contributed by atoms with van der Waals surface area (Å²) in [7, 11) is 2.00. The lowest BCUT2D eigenvalue weighted by Gasteiger charge is -2.24. The Morgan fingerprint density at radius 2 is 2.13 bits per heavy atom. The first kappa shape index (κ1) is 13.5. The van der Waals surface area contributed by atoms with E-state index in [-0.39, 0.29) is 0 Å². The smallest absolute Gasteiger partial charge is 0.0887 e. The molecule has 0 aliphatic carbocycles. The summed E-state index contributed by atoms with van der Waals surface area (Å²) in [6.45, 7) is 6.75. The maximum atomic E-state index is 6.04. The maximum absolute atomic E-state index is 6.04. The van der Waals surface area contributed by atoms with Gasteiger partial charge < -0.3 is 5.32 Å². The molecule has 4 heteroatoms. The second-order valence-corrected chi connectivity index (χ2v) is 7.69. The molecule has 1 rings (SSSR count). The fourth-order valence-corrected chi connectivity index (χ4v) is 3.35. The predicted octanol–water partition coefficient (Wildman–Crippen LogP) is 4.86. The van der Waals surface area contributed by atoms with Crippen molar-refractivity contribution in [3.63, 3.8) is 0 Å². The van der Waals surface area contributed by atoms with Gasteiger partial charge >= 0.3 is 0 Å². The number of hydrogen-bond donors (Lipinski definition) is 1. The molecule has 1 heterocycles. The van der Waals surface area contributed by atoms with Gasteiger partial charge in [0.15, 0.2) is 0 Å². The van der Waals surface area contributed by atoms with Crippen molar-refractivity contribution in [1.82, 2.24) is 5.32 Å². The van der Waals surface area contributed by atoms with Gasteiger partial charge in [-0.2, -0.15) is 0 Å². The van der Waals surface area contributed by atoms with Crippen molar-refractivity contribution in [2.24, 2.45) is 5.41 Å². The van der Waals surface area contributed by atoms with Crippen molar-refractivity contribution in [2.45, 2.75) is 33.2 Å². The van der Waals surface area contributed by atoms with Crippen LogP contribution in [0, 0.1) is 5.41 Å². The molecule has 0 fully saturated rings. The van der Waals surface area contributed by atoms with Gasteiger partial charge in [-0.1, -0.05) is 32.4 Å². The second kappa shape index (κ2) is 5.17. The van der Waals surface area contributed by atoms with Crippen LogP contribution in [0.1, 0.15) is 38.1 Å². The van der Waals surface area contributed by atoms with Gasteiger partial charge in [-0.15, -0.1) is 11.3 Å². The van der Waals surface area contributed by atoms with Crippen LogP contribution < -0.4 is 5.32 Å². The second-order valence-electron chi connectivity index (χ2n) is 4.88. The third-order valence-corrected chi connectivity index (χ3v) is 4.76. The lowest BCUT2D eigenvalue weighted by atomic mass is 9.87. The third kappa shape index (κ3) is 4.06. The molecule has 0 radical (unpaired) electrons. The standard InChI is InChI=1S/C11H17BrClNS/c1-11(2,3)6-8(14-4)9-5-7(13)10(12)15-9/h5,8,14H,6H2,1-4H3. The van der Waals surface area contributed by atoms with Gasteiger partial charge in [0.2, 0.25) is 0 Å². The van der Waals surface area contributed by atoms with Crippen LogP contribution in [0.4, 0.5) is 0 Å². The molecule has 1 aromatic rings. The zero-order chi connectivity index (χ0) is 11.6. The van der Waals surface area contributed by atoms with E-state index in [1.807, 2.05) is 13.1 Å². The first-order chi connectivity index (χ1) is 6.83. The highest BCUT2D eigenvalue weighted by Gasteiger charge is 2.21. The van der Waals surface area contributed by atoms with Crippen molar-refractivity contribution >= 4 is 38.9 Å². The number of halogens is 2. The number of nitrogens with one attached hydrogen (secondary N) is 1. The molecule has 1 atom stereocenters. The Hall–Kier alpha value is 0.430. The Balaban J connectivity index is 2.83. The molecule has 86 valence electrons. The Bertz CT molecular complexity index is 310. The van der Waals surface area contributed by atoms with E-state index in [1.54, 1.807) is 11.3 Å². The summed E-state index contributed by atoms with van der Waals surface area (Å²) in [5.41, 5.74) is 0.316. The van der Waals surface area contributed by atoms with Crippen LogP contribution in [0.3, 0.4) is 0 Å². The lowest BCUT2D eigenvalue weighted by molar-refractivity contribution is 0.323. The minimum Gasteiger partial charge on any atom is -0.312 e.